The van der Waals surface area contributed by atoms with Crippen LogP contribution in [0.15, 0.2) is 60.7 Å². The van der Waals surface area contributed by atoms with Gasteiger partial charge in [-0.2, -0.15) is 0 Å². The molecule has 0 unspecified atom stereocenters. The molecule has 0 aliphatic rings. The van der Waals surface area contributed by atoms with Crippen molar-refractivity contribution in [1.29, 1.82) is 0 Å². The van der Waals surface area contributed by atoms with Gasteiger partial charge in [0.25, 0.3) is 0 Å². The lowest BCUT2D eigenvalue weighted by molar-refractivity contribution is -0.132. The van der Waals surface area contributed by atoms with Gasteiger partial charge in [0.05, 0.1) is 6.04 Å². The highest BCUT2D eigenvalue weighted by molar-refractivity contribution is 5.93. The maximum atomic E-state index is 13.2. The molecule has 0 heterocycles. The highest BCUT2D eigenvalue weighted by atomic mass is 16.2. The van der Waals surface area contributed by atoms with E-state index in [1.165, 1.54) is 6.92 Å². The van der Waals surface area contributed by atoms with E-state index in [4.69, 9.17) is 0 Å². The molecule has 6 nitrogen and oxygen atoms in total. The van der Waals surface area contributed by atoms with Crippen LogP contribution < -0.4 is 10.6 Å². The summed E-state index contributed by atoms with van der Waals surface area (Å²) in [5.41, 5.74) is 1.88. The molecule has 2 aromatic rings. The molecule has 6 heteroatoms. The molecule has 2 rings (SSSR count). The van der Waals surface area contributed by atoms with Crippen molar-refractivity contribution in [2.24, 2.45) is 11.8 Å². The Bertz CT molecular complexity index is 912. The Labute approximate surface area is 196 Å². The monoisotopic (exact) mass is 450 g/mol. The molecule has 0 saturated heterocycles. The molecular formula is C27H34N2O4. The molecule has 0 radical (unpaired) electrons. The van der Waals surface area contributed by atoms with Crippen LogP contribution in [0.3, 0.4) is 0 Å². The average Bonchev–Trinajstić information content (AvgIpc) is 2.78. The quantitative estimate of drug-likeness (QED) is 0.458. The topological polar surface area (TPSA) is 92.3 Å². The van der Waals surface area contributed by atoms with Gasteiger partial charge in [-0.05, 0) is 36.3 Å². The van der Waals surface area contributed by atoms with E-state index < -0.39 is 18.0 Å². The number of aldehydes is 1. The lowest BCUT2D eigenvalue weighted by Gasteiger charge is -2.24. The lowest BCUT2D eigenvalue weighted by atomic mass is 9.91. The van der Waals surface area contributed by atoms with Crippen molar-refractivity contribution >= 4 is 23.9 Å². The summed E-state index contributed by atoms with van der Waals surface area (Å²) in [6.45, 7) is 5.30. The lowest BCUT2D eigenvalue weighted by Crippen LogP contribution is -2.52. The number of carbonyl (C=O) groups excluding carboxylic acids is 4. The Morgan fingerprint density at radius 3 is 1.85 bits per heavy atom. The van der Waals surface area contributed by atoms with E-state index in [0.29, 0.717) is 19.3 Å². The highest BCUT2D eigenvalue weighted by Gasteiger charge is 2.28. The summed E-state index contributed by atoms with van der Waals surface area (Å²) in [7, 11) is 0. The van der Waals surface area contributed by atoms with E-state index in [9.17, 15) is 19.2 Å². The van der Waals surface area contributed by atoms with E-state index in [0.717, 1.165) is 17.4 Å². The van der Waals surface area contributed by atoms with Gasteiger partial charge in [0, 0.05) is 19.3 Å². The summed E-state index contributed by atoms with van der Waals surface area (Å²) in [4.78, 5) is 49.6. The van der Waals surface area contributed by atoms with Crippen molar-refractivity contribution in [3.8, 4) is 0 Å². The molecule has 0 aromatic heterocycles. The minimum atomic E-state index is -0.790. The third-order valence-corrected chi connectivity index (χ3v) is 5.39. The molecule has 0 saturated carbocycles. The Morgan fingerprint density at radius 2 is 1.36 bits per heavy atom. The van der Waals surface area contributed by atoms with Crippen LogP contribution in [0.1, 0.15) is 44.7 Å². The Balaban J connectivity index is 2.17. The minimum absolute atomic E-state index is 0.0329. The fraction of sp³-hybridized carbons (Fsp3) is 0.407. The maximum Gasteiger partial charge on any atom is 0.243 e. The molecule has 0 aliphatic carbocycles. The van der Waals surface area contributed by atoms with Crippen molar-refractivity contribution in [2.45, 2.75) is 58.5 Å². The number of hydrogen-bond acceptors (Lipinski definition) is 4. The number of carbonyl (C=O) groups is 4. The number of Topliss-reactive ketones (excluding diaryl/α,β-unsaturated/α-hetero) is 1. The molecule has 2 amide bonds. The maximum absolute atomic E-state index is 13.2. The predicted molar refractivity (Wildman–Crippen MR) is 128 cm³/mol. The number of rotatable bonds is 13. The van der Waals surface area contributed by atoms with E-state index in [1.807, 2.05) is 74.5 Å². The zero-order valence-electron chi connectivity index (χ0n) is 19.6. The van der Waals surface area contributed by atoms with Crippen molar-refractivity contribution in [1.82, 2.24) is 10.6 Å². The van der Waals surface area contributed by atoms with Crippen LogP contribution in [-0.2, 0) is 32.0 Å². The van der Waals surface area contributed by atoms with Gasteiger partial charge in [0.15, 0.2) is 5.78 Å². The molecule has 3 atom stereocenters. The van der Waals surface area contributed by atoms with Gasteiger partial charge in [-0.1, -0.05) is 74.5 Å². The first-order chi connectivity index (χ1) is 15.8. The van der Waals surface area contributed by atoms with E-state index in [1.54, 1.807) is 0 Å². The van der Waals surface area contributed by atoms with Gasteiger partial charge in [0.2, 0.25) is 11.8 Å². The van der Waals surface area contributed by atoms with Gasteiger partial charge < -0.3 is 15.4 Å². The zero-order chi connectivity index (χ0) is 24.2. The summed E-state index contributed by atoms with van der Waals surface area (Å²) in [6, 6.07) is 17.5. The Hall–Kier alpha value is -3.28. The van der Waals surface area contributed by atoms with Crippen molar-refractivity contribution < 1.29 is 19.2 Å². The number of benzene rings is 2. The Kier molecular flexibility index (Phi) is 10.5. The second-order valence-electron chi connectivity index (χ2n) is 8.89. The van der Waals surface area contributed by atoms with Crippen LogP contribution in [0, 0.1) is 11.8 Å². The predicted octanol–water partition coefficient (Wildman–Crippen LogP) is 3.28. The standard InChI is InChI=1S/C27H34N2O4/c1-19(2)14-25(28-20(3)31)27(33)29-24(16-22-12-8-5-9-13-22)26(32)17-23(18-30)15-21-10-6-4-7-11-21/h4-13,18-19,23-25H,14-17H2,1-3H3,(H,28,31)(H,29,33)/t23-,24+,25+/m1/s1. The SMILES string of the molecule is CC(=O)N[C@@H](CC(C)C)C(=O)N[C@@H](Cc1ccccc1)C(=O)C[C@H](C=O)Cc1ccccc1. The van der Waals surface area contributed by atoms with Crippen LogP contribution in [-0.4, -0.2) is 36.0 Å². The summed E-state index contributed by atoms with van der Waals surface area (Å²) in [5, 5.41) is 5.54. The third kappa shape index (κ3) is 9.39. The summed E-state index contributed by atoms with van der Waals surface area (Å²) in [5.74, 6) is -1.19. The van der Waals surface area contributed by atoms with E-state index >= 15 is 0 Å². The molecule has 176 valence electrons. The van der Waals surface area contributed by atoms with Crippen LogP contribution in [0.5, 0.6) is 0 Å². The van der Waals surface area contributed by atoms with Crippen molar-refractivity contribution in [3.63, 3.8) is 0 Å². The largest absolute Gasteiger partial charge is 0.345 e. The van der Waals surface area contributed by atoms with Crippen molar-refractivity contribution in [3.05, 3.63) is 71.8 Å². The molecule has 2 N–H and O–H groups in total. The summed E-state index contributed by atoms with van der Waals surface area (Å²) in [6.07, 6.45) is 2.08. The average molecular weight is 451 g/mol. The minimum Gasteiger partial charge on any atom is -0.345 e. The van der Waals surface area contributed by atoms with Gasteiger partial charge in [-0.25, -0.2) is 0 Å². The first-order valence-corrected chi connectivity index (χ1v) is 11.4. The van der Waals surface area contributed by atoms with Gasteiger partial charge in [-0.15, -0.1) is 0 Å². The van der Waals surface area contributed by atoms with E-state index in [2.05, 4.69) is 10.6 Å². The first kappa shape index (κ1) is 26.0. The third-order valence-electron chi connectivity index (χ3n) is 5.39. The number of nitrogens with one attached hydrogen (secondary N) is 2. The van der Waals surface area contributed by atoms with Gasteiger partial charge >= 0.3 is 0 Å². The van der Waals surface area contributed by atoms with Gasteiger partial charge in [-0.3, -0.25) is 14.4 Å². The number of hydrogen-bond donors (Lipinski definition) is 2. The second-order valence-corrected chi connectivity index (χ2v) is 8.89. The van der Waals surface area contributed by atoms with Crippen LogP contribution in [0.4, 0.5) is 0 Å². The Morgan fingerprint density at radius 1 is 0.818 bits per heavy atom. The second kappa shape index (κ2) is 13.3. The zero-order valence-corrected chi connectivity index (χ0v) is 19.6. The molecule has 0 spiro atoms. The fourth-order valence-electron chi connectivity index (χ4n) is 3.80. The van der Waals surface area contributed by atoms with Crippen LogP contribution >= 0.6 is 0 Å². The van der Waals surface area contributed by atoms with E-state index in [-0.39, 0.29) is 29.9 Å². The molecule has 33 heavy (non-hydrogen) atoms. The molecule has 2 aromatic carbocycles. The fourth-order valence-corrected chi connectivity index (χ4v) is 3.80. The highest BCUT2D eigenvalue weighted by Crippen LogP contribution is 2.15. The molecular weight excluding hydrogens is 416 g/mol. The van der Waals surface area contributed by atoms with Gasteiger partial charge in [0.1, 0.15) is 12.3 Å². The van der Waals surface area contributed by atoms with Crippen molar-refractivity contribution in [2.75, 3.05) is 0 Å². The first-order valence-electron chi connectivity index (χ1n) is 11.4. The summed E-state index contributed by atoms with van der Waals surface area (Å²) < 4.78 is 0. The normalized spacial score (nSPS) is 13.6. The molecule has 0 aliphatic heterocycles. The molecule has 0 fully saturated rings. The number of amides is 2. The van der Waals surface area contributed by atoms with Crippen LogP contribution in [0.25, 0.3) is 0 Å². The molecule has 0 bridgehead atoms. The van der Waals surface area contributed by atoms with Crippen LogP contribution in [0.2, 0.25) is 0 Å². The summed E-state index contributed by atoms with van der Waals surface area (Å²) >= 11 is 0. The smallest absolute Gasteiger partial charge is 0.243 e. The number of ketones is 1.